The van der Waals surface area contributed by atoms with Gasteiger partial charge in [-0.25, -0.2) is 9.97 Å². The van der Waals surface area contributed by atoms with Crippen molar-refractivity contribution in [2.24, 2.45) is 0 Å². The summed E-state index contributed by atoms with van der Waals surface area (Å²) in [5.74, 6) is 2.80. The van der Waals surface area contributed by atoms with Gasteiger partial charge in [-0.05, 0) is 12.8 Å². The molecule has 2 aromatic heterocycles. The van der Waals surface area contributed by atoms with Crippen LogP contribution < -0.4 is 9.80 Å². The second-order valence-electron chi connectivity index (χ2n) is 5.49. The van der Waals surface area contributed by atoms with Crippen molar-refractivity contribution >= 4 is 11.6 Å². The maximum Gasteiger partial charge on any atom is 0.223 e. The van der Waals surface area contributed by atoms with Gasteiger partial charge in [-0.3, -0.25) is 0 Å². The van der Waals surface area contributed by atoms with Gasteiger partial charge in [-0.2, -0.15) is 4.98 Å². The normalized spacial score (nSPS) is 18.0. The first-order chi connectivity index (χ1) is 10.7. The average molecular weight is 304 g/mol. The topological polar surface area (TPSA) is 91.4 Å². The van der Waals surface area contributed by atoms with Gasteiger partial charge >= 0.3 is 0 Å². The lowest BCUT2D eigenvalue weighted by molar-refractivity contribution is 0.266. The molecule has 1 aliphatic rings. The summed E-state index contributed by atoms with van der Waals surface area (Å²) in [6, 6.07) is 2.08. The summed E-state index contributed by atoms with van der Waals surface area (Å²) in [6.07, 6.45) is 3.62. The maximum atomic E-state index is 9.45. The number of hydrogen-bond acceptors (Lipinski definition) is 8. The lowest BCUT2D eigenvalue weighted by Gasteiger charge is -2.25. The van der Waals surface area contributed by atoms with E-state index < -0.39 is 0 Å². The molecule has 1 atom stereocenters. The van der Waals surface area contributed by atoms with Crippen molar-refractivity contribution in [1.29, 1.82) is 0 Å². The predicted octanol–water partition coefficient (Wildman–Crippen LogP) is 0.766. The smallest absolute Gasteiger partial charge is 0.223 e. The molecule has 1 aliphatic heterocycles. The van der Waals surface area contributed by atoms with Crippen LogP contribution in [0.1, 0.15) is 24.6 Å². The summed E-state index contributed by atoms with van der Waals surface area (Å²) in [5.41, 5.74) is 0. The minimum Gasteiger partial charge on any atom is -0.394 e. The molecule has 0 bridgehead atoms. The zero-order valence-electron chi connectivity index (χ0n) is 12.8. The van der Waals surface area contributed by atoms with Gasteiger partial charge in [0.05, 0.1) is 19.2 Å². The van der Waals surface area contributed by atoms with Crippen molar-refractivity contribution in [3.63, 3.8) is 0 Å². The molecule has 0 aliphatic carbocycles. The number of anilines is 2. The van der Waals surface area contributed by atoms with Crippen LogP contribution in [0.15, 0.2) is 16.9 Å². The molecule has 22 heavy (non-hydrogen) atoms. The quantitative estimate of drug-likeness (QED) is 0.866. The lowest BCUT2D eigenvalue weighted by Crippen LogP contribution is -2.33. The monoisotopic (exact) mass is 304 g/mol. The summed E-state index contributed by atoms with van der Waals surface area (Å²) < 4.78 is 4.98. The Kier molecular flexibility index (Phi) is 4.19. The van der Waals surface area contributed by atoms with Crippen molar-refractivity contribution in [2.45, 2.75) is 32.4 Å². The van der Waals surface area contributed by atoms with Gasteiger partial charge in [-0.1, -0.05) is 5.16 Å². The van der Waals surface area contributed by atoms with Crippen molar-refractivity contribution < 1.29 is 9.63 Å². The highest BCUT2D eigenvalue weighted by molar-refractivity contribution is 5.51. The molecule has 118 valence electrons. The van der Waals surface area contributed by atoms with E-state index in [1.54, 1.807) is 13.3 Å². The van der Waals surface area contributed by atoms with E-state index in [0.717, 1.165) is 31.0 Å². The fourth-order valence-corrected chi connectivity index (χ4v) is 2.73. The molecule has 1 unspecified atom stereocenters. The molecule has 3 rings (SSSR count). The fraction of sp³-hybridized carbons (Fsp3) is 0.571. The summed E-state index contributed by atoms with van der Waals surface area (Å²) in [6.45, 7) is 3.34. The third kappa shape index (κ3) is 3.01. The Morgan fingerprint density at radius 2 is 2.32 bits per heavy atom. The zero-order valence-corrected chi connectivity index (χ0v) is 12.8. The van der Waals surface area contributed by atoms with E-state index in [1.165, 1.54) is 0 Å². The first-order valence-electron chi connectivity index (χ1n) is 7.37. The highest BCUT2D eigenvalue weighted by Crippen LogP contribution is 2.25. The van der Waals surface area contributed by atoms with Gasteiger partial charge in [0.25, 0.3) is 0 Å². The molecule has 1 saturated heterocycles. The van der Waals surface area contributed by atoms with E-state index in [9.17, 15) is 5.11 Å². The van der Waals surface area contributed by atoms with E-state index in [2.05, 4.69) is 25.0 Å². The molecule has 1 N–H and O–H groups in total. The van der Waals surface area contributed by atoms with E-state index in [0.29, 0.717) is 18.3 Å². The van der Waals surface area contributed by atoms with Crippen LogP contribution in [0.2, 0.25) is 0 Å². The zero-order chi connectivity index (χ0) is 15.5. The first-order valence-corrected chi connectivity index (χ1v) is 7.37. The van der Waals surface area contributed by atoms with E-state index in [-0.39, 0.29) is 12.6 Å². The first kappa shape index (κ1) is 14.7. The number of aliphatic hydroxyl groups excluding tert-OH is 1. The van der Waals surface area contributed by atoms with E-state index in [1.807, 2.05) is 18.0 Å². The van der Waals surface area contributed by atoms with Crippen LogP contribution in [0.3, 0.4) is 0 Å². The third-order valence-corrected chi connectivity index (χ3v) is 3.86. The SMILES string of the molecule is Cc1nc(CN(C)c2cc(N3CCCC3CO)ncn2)no1. The summed E-state index contributed by atoms with van der Waals surface area (Å²) >= 11 is 0. The minimum absolute atomic E-state index is 0.146. The molecule has 2 aromatic rings. The van der Waals surface area contributed by atoms with Gasteiger partial charge in [0.1, 0.15) is 18.0 Å². The Balaban J connectivity index is 1.75. The van der Waals surface area contributed by atoms with Crippen molar-refractivity contribution in [3.05, 3.63) is 24.1 Å². The summed E-state index contributed by atoms with van der Waals surface area (Å²) in [7, 11) is 1.92. The fourth-order valence-electron chi connectivity index (χ4n) is 2.73. The predicted molar refractivity (Wildman–Crippen MR) is 80.6 cm³/mol. The average Bonchev–Trinajstić information content (AvgIpc) is 3.16. The van der Waals surface area contributed by atoms with Crippen LogP contribution in [0.25, 0.3) is 0 Å². The van der Waals surface area contributed by atoms with Gasteiger partial charge in [0.2, 0.25) is 5.89 Å². The minimum atomic E-state index is 0.146. The summed E-state index contributed by atoms with van der Waals surface area (Å²) in [4.78, 5) is 16.9. The molecular formula is C14H20N6O2. The molecule has 0 radical (unpaired) electrons. The highest BCUT2D eigenvalue weighted by atomic mass is 16.5. The number of rotatable bonds is 5. The van der Waals surface area contributed by atoms with Crippen LogP contribution in [-0.2, 0) is 6.54 Å². The Labute approximate surface area is 128 Å². The number of aromatic nitrogens is 4. The Morgan fingerprint density at radius 1 is 1.45 bits per heavy atom. The van der Waals surface area contributed by atoms with Crippen molar-refractivity contribution in [2.75, 3.05) is 30.0 Å². The molecule has 0 amide bonds. The van der Waals surface area contributed by atoms with Gasteiger partial charge in [0.15, 0.2) is 5.82 Å². The number of hydrogen-bond donors (Lipinski definition) is 1. The second kappa shape index (κ2) is 6.27. The molecule has 0 saturated carbocycles. The molecule has 1 fully saturated rings. The third-order valence-electron chi connectivity index (χ3n) is 3.86. The molecule has 3 heterocycles. The van der Waals surface area contributed by atoms with Crippen LogP contribution in [-0.4, -0.2) is 51.5 Å². The van der Waals surface area contributed by atoms with E-state index in [4.69, 9.17) is 4.52 Å². The van der Waals surface area contributed by atoms with E-state index >= 15 is 0 Å². The van der Waals surface area contributed by atoms with Gasteiger partial charge < -0.3 is 19.4 Å². The standard InChI is InChI=1S/C14H20N6O2/c1-10-17-12(18-22-10)7-19(2)13-6-14(16-9-15-13)20-5-3-4-11(20)8-21/h6,9,11,21H,3-5,7-8H2,1-2H3. The maximum absolute atomic E-state index is 9.45. The lowest BCUT2D eigenvalue weighted by atomic mass is 10.2. The molecular weight excluding hydrogens is 284 g/mol. The molecule has 8 nitrogen and oxygen atoms in total. The second-order valence-corrected chi connectivity index (χ2v) is 5.49. The molecule has 8 heteroatoms. The number of nitrogens with zero attached hydrogens (tertiary/aromatic N) is 6. The Bertz CT molecular complexity index is 631. The number of aryl methyl sites for hydroxylation is 1. The van der Waals surface area contributed by atoms with Crippen LogP contribution >= 0.6 is 0 Å². The summed E-state index contributed by atoms with van der Waals surface area (Å²) in [5, 5.41) is 13.3. The van der Waals surface area contributed by atoms with Crippen LogP contribution in [0.4, 0.5) is 11.6 Å². The number of aliphatic hydroxyl groups is 1. The molecule has 0 spiro atoms. The van der Waals surface area contributed by atoms with Crippen LogP contribution in [0, 0.1) is 6.92 Å². The Hall–Kier alpha value is -2.22. The van der Waals surface area contributed by atoms with Crippen molar-refractivity contribution in [3.8, 4) is 0 Å². The largest absolute Gasteiger partial charge is 0.394 e. The van der Waals surface area contributed by atoms with Crippen LogP contribution in [0.5, 0.6) is 0 Å². The molecule has 0 aromatic carbocycles. The van der Waals surface area contributed by atoms with Gasteiger partial charge in [0, 0.05) is 26.6 Å². The van der Waals surface area contributed by atoms with Crippen molar-refractivity contribution in [1.82, 2.24) is 20.1 Å². The Morgan fingerprint density at radius 3 is 3.05 bits per heavy atom. The highest BCUT2D eigenvalue weighted by Gasteiger charge is 2.25. The van der Waals surface area contributed by atoms with Gasteiger partial charge in [-0.15, -0.1) is 0 Å².